The van der Waals surface area contributed by atoms with Crippen molar-refractivity contribution in [3.8, 4) is 5.75 Å². The van der Waals surface area contributed by atoms with Crippen molar-refractivity contribution in [3.05, 3.63) is 42.4 Å². The fraction of sp³-hybridized carbons (Fsp3) is 0.421. The zero-order valence-corrected chi connectivity index (χ0v) is 17.0. The average molecular weight is 410 g/mol. The van der Waals surface area contributed by atoms with E-state index in [1.807, 2.05) is 29.9 Å². The maximum absolute atomic E-state index is 5.59. The summed E-state index contributed by atoms with van der Waals surface area (Å²) >= 11 is 0. The maximum atomic E-state index is 5.59. The maximum Gasteiger partial charge on any atom is 0.163 e. The van der Waals surface area contributed by atoms with Crippen molar-refractivity contribution in [2.75, 3.05) is 24.6 Å². The summed E-state index contributed by atoms with van der Waals surface area (Å²) < 4.78 is 7.53. The van der Waals surface area contributed by atoms with Gasteiger partial charge in [-0.05, 0) is 43.9 Å². The molecule has 0 atom stereocenters. The van der Waals surface area contributed by atoms with Gasteiger partial charge in [0.25, 0.3) is 0 Å². The molecule has 0 spiro atoms. The minimum absolute atomic E-state index is 0. The van der Waals surface area contributed by atoms with Crippen LogP contribution in [-0.4, -0.2) is 39.4 Å². The second-order valence-electron chi connectivity index (χ2n) is 6.36. The normalized spacial score (nSPS) is 13.7. The Hall–Kier alpha value is -2.05. The fourth-order valence-corrected chi connectivity index (χ4v) is 3.43. The number of piperidine rings is 1. The van der Waals surface area contributed by atoms with E-state index in [1.165, 1.54) is 19.3 Å². The quantitative estimate of drug-likeness (QED) is 0.634. The first kappa shape index (κ1) is 21.3. The largest absolute Gasteiger partial charge is 0.494 e. The second kappa shape index (κ2) is 9.76. The summed E-state index contributed by atoms with van der Waals surface area (Å²) in [7, 11) is 0. The van der Waals surface area contributed by atoms with Crippen molar-refractivity contribution in [1.82, 2.24) is 19.7 Å². The topological polar surface area (TPSA) is 56.1 Å². The molecule has 1 fully saturated rings. The van der Waals surface area contributed by atoms with Gasteiger partial charge in [-0.15, -0.1) is 24.8 Å². The summed E-state index contributed by atoms with van der Waals surface area (Å²) in [5.41, 5.74) is 2.03. The van der Waals surface area contributed by atoms with Gasteiger partial charge in [-0.2, -0.15) is 5.10 Å². The second-order valence-corrected chi connectivity index (χ2v) is 6.36. The minimum atomic E-state index is 0. The van der Waals surface area contributed by atoms with Gasteiger partial charge in [0.1, 0.15) is 17.9 Å². The van der Waals surface area contributed by atoms with Crippen molar-refractivity contribution in [3.63, 3.8) is 0 Å². The fourth-order valence-electron chi connectivity index (χ4n) is 3.43. The van der Waals surface area contributed by atoms with Gasteiger partial charge in [0.2, 0.25) is 0 Å². The number of fused-ring (bicyclic) bond motifs is 1. The Morgan fingerprint density at radius 3 is 2.67 bits per heavy atom. The van der Waals surface area contributed by atoms with Gasteiger partial charge in [-0.3, -0.25) is 0 Å². The number of rotatable bonds is 5. The third-order valence-corrected chi connectivity index (χ3v) is 4.61. The summed E-state index contributed by atoms with van der Waals surface area (Å²) in [6.45, 7) is 5.45. The van der Waals surface area contributed by atoms with E-state index in [9.17, 15) is 0 Å². The van der Waals surface area contributed by atoms with E-state index in [4.69, 9.17) is 4.74 Å². The number of anilines is 1. The predicted molar refractivity (Wildman–Crippen MR) is 113 cm³/mol. The molecule has 8 heteroatoms. The van der Waals surface area contributed by atoms with Crippen molar-refractivity contribution in [2.45, 2.75) is 32.7 Å². The number of ether oxygens (including phenoxy) is 1. The number of aromatic nitrogens is 4. The first-order valence-corrected chi connectivity index (χ1v) is 8.98. The molecule has 2 aromatic heterocycles. The van der Waals surface area contributed by atoms with Crippen molar-refractivity contribution >= 4 is 41.7 Å². The lowest BCUT2D eigenvalue weighted by atomic mass is 10.1. The van der Waals surface area contributed by atoms with Crippen LogP contribution in [-0.2, 0) is 6.54 Å². The highest BCUT2D eigenvalue weighted by atomic mass is 35.5. The van der Waals surface area contributed by atoms with E-state index in [0.717, 1.165) is 41.3 Å². The lowest BCUT2D eigenvalue weighted by molar-refractivity contribution is 0.340. The molecule has 146 valence electrons. The van der Waals surface area contributed by atoms with E-state index in [1.54, 1.807) is 6.33 Å². The predicted octanol–water partition coefficient (Wildman–Crippen LogP) is 4.11. The smallest absolute Gasteiger partial charge is 0.163 e. The van der Waals surface area contributed by atoms with E-state index >= 15 is 0 Å². The molecule has 3 heterocycles. The van der Waals surface area contributed by atoms with Gasteiger partial charge in [-0.1, -0.05) is 12.1 Å². The number of nitrogens with zero attached hydrogens (tertiary/aromatic N) is 5. The van der Waals surface area contributed by atoms with Gasteiger partial charge in [0.15, 0.2) is 5.65 Å². The Kier molecular flexibility index (Phi) is 7.68. The van der Waals surface area contributed by atoms with Gasteiger partial charge in [0.05, 0.1) is 24.7 Å². The van der Waals surface area contributed by atoms with Crippen LogP contribution in [0.1, 0.15) is 31.7 Å². The summed E-state index contributed by atoms with van der Waals surface area (Å²) in [5.74, 6) is 1.90. The molecule has 0 unspecified atom stereocenters. The summed E-state index contributed by atoms with van der Waals surface area (Å²) in [4.78, 5) is 11.4. The first-order chi connectivity index (χ1) is 12.3. The molecule has 0 saturated carbocycles. The van der Waals surface area contributed by atoms with Gasteiger partial charge < -0.3 is 9.64 Å². The van der Waals surface area contributed by atoms with E-state index in [-0.39, 0.29) is 24.8 Å². The molecular formula is C19H25Cl2N5O. The lowest BCUT2D eigenvalue weighted by Crippen LogP contribution is -2.30. The minimum Gasteiger partial charge on any atom is -0.494 e. The SMILES string of the molecule is CCOc1cccc(Cn2ncc3c(N4CCCCC4)ncnc32)c1.Cl.Cl. The molecular weight excluding hydrogens is 385 g/mol. The third kappa shape index (κ3) is 4.62. The number of hydrogen-bond donors (Lipinski definition) is 0. The number of hydrogen-bond acceptors (Lipinski definition) is 5. The van der Waals surface area contributed by atoms with E-state index < -0.39 is 0 Å². The van der Waals surface area contributed by atoms with Crippen LogP contribution in [0.4, 0.5) is 5.82 Å². The van der Waals surface area contributed by atoms with Crippen LogP contribution in [0.15, 0.2) is 36.8 Å². The average Bonchev–Trinajstić information content (AvgIpc) is 3.06. The molecule has 0 radical (unpaired) electrons. The molecule has 1 aliphatic heterocycles. The highest BCUT2D eigenvalue weighted by Gasteiger charge is 2.17. The monoisotopic (exact) mass is 409 g/mol. The standard InChI is InChI=1S/C19H23N5O.2ClH/c1-2-25-16-8-6-7-15(11-16)13-24-19-17(12-22-24)18(20-14-21-19)23-9-4-3-5-10-23;;/h6-8,11-12,14H,2-5,9-10,13H2,1H3;2*1H. The molecule has 4 rings (SSSR count). The van der Waals surface area contributed by atoms with Crippen LogP contribution >= 0.6 is 24.8 Å². The van der Waals surface area contributed by atoms with E-state index in [0.29, 0.717) is 13.2 Å². The molecule has 6 nitrogen and oxygen atoms in total. The Morgan fingerprint density at radius 1 is 1.07 bits per heavy atom. The van der Waals surface area contributed by atoms with Gasteiger partial charge >= 0.3 is 0 Å². The number of halogens is 2. The molecule has 1 saturated heterocycles. The highest BCUT2D eigenvalue weighted by molar-refractivity contribution is 5.86. The molecule has 27 heavy (non-hydrogen) atoms. The molecule has 3 aromatic rings. The Balaban J connectivity index is 0.00000131. The van der Waals surface area contributed by atoms with Crippen LogP contribution in [0.25, 0.3) is 11.0 Å². The highest BCUT2D eigenvalue weighted by Crippen LogP contribution is 2.26. The summed E-state index contributed by atoms with van der Waals surface area (Å²) in [5, 5.41) is 5.60. The summed E-state index contributed by atoms with van der Waals surface area (Å²) in [6.07, 6.45) is 7.31. The molecule has 1 aromatic carbocycles. The molecule has 0 amide bonds. The molecule has 0 aliphatic carbocycles. The van der Waals surface area contributed by atoms with E-state index in [2.05, 4.69) is 32.1 Å². The third-order valence-electron chi connectivity index (χ3n) is 4.61. The lowest BCUT2D eigenvalue weighted by Gasteiger charge is -2.27. The Bertz CT molecular complexity index is 864. The zero-order chi connectivity index (χ0) is 17.1. The van der Waals surface area contributed by atoms with Crippen LogP contribution in [0.2, 0.25) is 0 Å². The van der Waals surface area contributed by atoms with Crippen LogP contribution in [0, 0.1) is 0 Å². The van der Waals surface area contributed by atoms with Crippen LogP contribution < -0.4 is 9.64 Å². The van der Waals surface area contributed by atoms with Crippen molar-refractivity contribution in [2.24, 2.45) is 0 Å². The molecule has 1 aliphatic rings. The Labute approximate surface area is 171 Å². The van der Waals surface area contributed by atoms with Crippen molar-refractivity contribution < 1.29 is 4.74 Å². The van der Waals surface area contributed by atoms with Crippen LogP contribution in [0.5, 0.6) is 5.75 Å². The molecule has 0 N–H and O–H groups in total. The summed E-state index contributed by atoms with van der Waals surface area (Å²) in [6, 6.07) is 8.14. The first-order valence-electron chi connectivity index (χ1n) is 8.98. The number of benzene rings is 1. The molecule has 0 bridgehead atoms. The van der Waals surface area contributed by atoms with Gasteiger partial charge in [-0.25, -0.2) is 14.6 Å². The van der Waals surface area contributed by atoms with Crippen LogP contribution in [0.3, 0.4) is 0 Å². The van der Waals surface area contributed by atoms with Crippen molar-refractivity contribution in [1.29, 1.82) is 0 Å². The Morgan fingerprint density at radius 2 is 1.89 bits per heavy atom. The van der Waals surface area contributed by atoms with Gasteiger partial charge in [0, 0.05) is 13.1 Å². The zero-order valence-electron chi connectivity index (χ0n) is 15.4.